The standard InChI is InChI=1S/C23H23N3O5S/c1-3-15-24-32(30,31)19-11-5-16(6-12-19)21(28)25-18-9-7-17(8-10-18)23(4-2)14-13-20(27)26-22(23)29/h1,5-12,24H,4,13-15H2,2H3,(H,25,28)(H,26,27,29). The highest BCUT2D eigenvalue weighted by molar-refractivity contribution is 7.89. The number of sulfonamides is 1. The monoisotopic (exact) mass is 453 g/mol. The Morgan fingerprint density at radius 3 is 2.34 bits per heavy atom. The fraction of sp³-hybridized carbons (Fsp3) is 0.261. The van der Waals surface area contributed by atoms with Gasteiger partial charge >= 0.3 is 0 Å². The molecule has 0 radical (unpaired) electrons. The molecule has 1 aliphatic heterocycles. The Kier molecular flexibility index (Phi) is 6.77. The van der Waals surface area contributed by atoms with E-state index in [0.717, 1.165) is 5.56 Å². The second kappa shape index (κ2) is 9.34. The van der Waals surface area contributed by atoms with Crippen molar-refractivity contribution in [1.82, 2.24) is 10.0 Å². The van der Waals surface area contributed by atoms with Crippen LogP contribution in [0.4, 0.5) is 5.69 Å². The van der Waals surface area contributed by atoms with Crippen LogP contribution >= 0.6 is 0 Å². The molecule has 0 bridgehead atoms. The molecule has 1 fully saturated rings. The van der Waals surface area contributed by atoms with Crippen LogP contribution < -0.4 is 15.4 Å². The van der Waals surface area contributed by atoms with Crippen LogP contribution in [0.3, 0.4) is 0 Å². The van der Waals surface area contributed by atoms with Crippen molar-refractivity contribution < 1.29 is 22.8 Å². The van der Waals surface area contributed by atoms with Crippen molar-refractivity contribution in [1.29, 1.82) is 0 Å². The van der Waals surface area contributed by atoms with E-state index in [4.69, 9.17) is 6.42 Å². The van der Waals surface area contributed by atoms with Gasteiger partial charge in [0.25, 0.3) is 5.91 Å². The zero-order valence-electron chi connectivity index (χ0n) is 17.5. The normalized spacial score (nSPS) is 18.5. The van der Waals surface area contributed by atoms with E-state index >= 15 is 0 Å². The van der Waals surface area contributed by atoms with E-state index in [-0.39, 0.29) is 35.2 Å². The summed E-state index contributed by atoms with van der Waals surface area (Å²) in [5, 5.41) is 5.15. The number of amides is 3. The zero-order chi connectivity index (χ0) is 23.4. The van der Waals surface area contributed by atoms with E-state index in [1.807, 2.05) is 6.92 Å². The SMILES string of the molecule is C#CCNS(=O)(=O)c1ccc(C(=O)Nc2ccc(C3(CC)CCC(=O)NC3=O)cc2)cc1. The molecular formula is C23H23N3O5S. The highest BCUT2D eigenvalue weighted by atomic mass is 32.2. The Bertz CT molecular complexity index is 1180. The van der Waals surface area contributed by atoms with Crippen molar-refractivity contribution >= 4 is 33.4 Å². The first-order chi connectivity index (χ1) is 15.2. The molecule has 9 heteroatoms. The van der Waals surface area contributed by atoms with Crippen LogP contribution in [0.15, 0.2) is 53.4 Å². The molecule has 0 aromatic heterocycles. The van der Waals surface area contributed by atoms with E-state index in [9.17, 15) is 22.8 Å². The molecule has 2 aromatic carbocycles. The van der Waals surface area contributed by atoms with E-state index in [1.165, 1.54) is 24.3 Å². The lowest BCUT2D eigenvalue weighted by atomic mass is 9.72. The number of rotatable bonds is 7. The second-order valence-corrected chi connectivity index (χ2v) is 9.16. The molecule has 0 spiro atoms. The molecule has 1 aliphatic rings. The van der Waals surface area contributed by atoms with Gasteiger partial charge in [-0.25, -0.2) is 8.42 Å². The molecule has 1 unspecified atom stereocenters. The minimum Gasteiger partial charge on any atom is -0.322 e. The predicted molar refractivity (Wildman–Crippen MR) is 119 cm³/mol. The summed E-state index contributed by atoms with van der Waals surface area (Å²) in [5.41, 5.74) is 0.799. The van der Waals surface area contributed by atoms with Crippen LogP contribution in [0.5, 0.6) is 0 Å². The van der Waals surface area contributed by atoms with Gasteiger partial charge in [0.05, 0.1) is 16.9 Å². The number of carbonyl (C=O) groups excluding carboxylic acids is 3. The Morgan fingerprint density at radius 1 is 1.12 bits per heavy atom. The number of imide groups is 1. The van der Waals surface area contributed by atoms with E-state index < -0.39 is 21.3 Å². The molecule has 1 atom stereocenters. The zero-order valence-corrected chi connectivity index (χ0v) is 18.3. The van der Waals surface area contributed by atoms with Crippen molar-refractivity contribution in [3.63, 3.8) is 0 Å². The quantitative estimate of drug-likeness (QED) is 0.437. The molecule has 8 nitrogen and oxygen atoms in total. The van der Waals surface area contributed by atoms with Crippen molar-refractivity contribution in [3.05, 3.63) is 59.7 Å². The molecule has 3 rings (SSSR count). The van der Waals surface area contributed by atoms with Gasteiger partial charge in [0.15, 0.2) is 0 Å². The third-order valence-corrected chi connectivity index (χ3v) is 6.97. The molecule has 1 saturated heterocycles. The lowest BCUT2D eigenvalue weighted by Gasteiger charge is -2.35. The first-order valence-corrected chi connectivity index (χ1v) is 11.5. The first-order valence-electron chi connectivity index (χ1n) is 10.0. The molecule has 166 valence electrons. The van der Waals surface area contributed by atoms with Crippen LogP contribution in [0.25, 0.3) is 0 Å². The number of terminal acetylenes is 1. The second-order valence-electron chi connectivity index (χ2n) is 7.40. The number of anilines is 1. The summed E-state index contributed by atoms with van der Waals surface area (Å²) < 4.78 is 26.4. The smallest absolute Gasteiger partial charge is 0.255 e. The number of hydrogen-bond acceptors (Lipinski definition) is 5. The van der Waals surface area contributed by atoms with Crippen LogP contribution in [0, 0.1) is 12.3 Å². The summed E-state index contributed by atoms with van der Waals surface area (Å²) in [6, 6.07) is 12.4. The Balaban J connectivity index is 1.72. The van der Waals surface area contributed by atoms with Gasteiger partial charge in [-0.05, 0) is 54.8 Å². The Labute approximate surface area is 186 Å². The average Bonchev–Trinajstić information content (AvgIpc) is 2.79. The largest absolute Gasteiger partial charge is 0.322 e. The predicted octanol–water partition coefficient (Wildman–Crippen LogP) is 1.93. The molecular weight excluding hydrogens is 430 g/mol. The average molecular weight is 454 g/mol. The summed E-state index contributed by atoms with van der Waals surface area (Å²) in [7, 11) is -3.73. The lowest BCUT2D eigenvalue weighted by molar-refractivity contribution is -0.138. The minimum atomic E-state index is -3.73. The third-order valence-electron chi connectivity index (χ3n) is 5.56. The summed E-state index contributed by atoms with van der Waals surface area (Å²) in [4.78, 5) is 36.6. The maximum absolute atomic E-state index is 12.5. The van der Waals surface area contributed by atoms with Gasteiger partial charge in [0, 0.05) is 17.7 Å². The summed E-state index contributed by atoms with van der Waals surface area (Å²) in [6.07, 6.45) is 6.33. The van der Waals surface area contributed by atoms with Crippen LogP contribution in [0.1, 0.15) is 42.1 Å². The highest BCUT2D eigenvalue weighted by Crippen LogP contribution is 2.36. The molecule has 0 aliphatic carbocycles. The van der Waals surface area contributed by atoms with Crippen molar-refractivity contribution in [3.8, 4) is 12.3 Å². The van der Waals surface area contributed by atoms with E-state index in [2.05, 4.69) is 21.3 Å². The van der Waals surface area contributed by atoms with Crippen molar-refractivity contribution in [2.75, 3.05) is 11.9 Å². The molecule has 3 N–H and O–H groups in total. The summed E-state index contributed by atoms with van der Waals surface area (Å²) >= 11 is 0. The topological polar surface area (TPSA) is 121 Å². The van der Waals surface area contributed by atoms with Gasteiger partial charge in [-0.15, -0.1) is 6.42 Å². The molecule has 1 heterocycles. The first kappa shape index (κ1) is 23.2. The fourth-order valence-electron chi connectivity index (χ4n) is 3.65. The number of carbonyl (C=O) groups is 3. The summed E-state index contributed by atoms with van der Waals surface area (Å²) in [5.74, 6) is 1.21. The van der Waals surface area contributed by atoms with Crippen molar-refractivity contribution in [2.45, 2.75) is 36.5 Å². The number of hydrogen-bond donors (Lipinski definition) is 3. The van der Waals surface area contributed by atoms with E-state index in [0.29, 0.717) is 18.5 Å². The number of piperidine rings is 1. The molecule has 32 heavy (non-hydrogen) atoms. The van der Waals surface area contributed by atoms with Gasteiger partial charge in [-0.2, -0.15) is 4.72 Å². The molecule has 0 saturated carbocycles. The van der Waals surface area contributed by atoms with E-state index in [1.54, 1.807) is 24.3 Å². The lowest BCUT2D eigenvalue weighted by Crippen LogP contribution is -2.51. The third kappa shape index (κ3) is 4.72. The van der Waals surface area contributed by atoms with Gasteiger partial charge < -0.3 is 5.32 Å². The van der Waals surface area contributed by atoms with Crippen LogP contribution in [-0.2, 0) is 25.0 Å². The fourth-order valence-corrected chi connectivity index (χ4v) is 4.58. The maximum Gasteiger partial charge on any atom is 0.255 e. The maximum atomic E-state index is 12.5. The van der Waals surface area contributed by atoms with Crippen LogP contribution in [-0.4, -0.2) is 32.7 Å². The summed E-state index contributed by atoms with van der Waals surface area (Å²) in [6.45, 7) is 1.77. The van der Waals surface area contributed by atoms with Crippen molar-refractivity contribution in [2.24, 2.45) is 0 Å². The van der Waals surface area contributed by atoms with Crippen LogP contribution in [0.2, 0.25) is 0 Å². The molecule has 2 aromatic rings. The molecule has 3 amide bonds. The number of benzene rings is 2. The Hall–Kier alpha value is -3.48. The van der Waals surface area contributed by atoms with Gasteiger partial charge in [0.1, 0.15) is 0 Å². The van der Waals surface area contributed by atoms with Gasteiger partial charge in [-0.3, -0.25) is 19.7 Å². The Morgan fingerprint density at radius 2 is 1.78 bits per heavy atom. The number of nitrogens with one attached hydrogen (secondary N) is 3. The van der Waals surface area contributed by atoms with Gasteiger partial charge in [0.2, 0.25) is 21.8 Å². The van der Waals surface area contributed by atoms with Gasteiger partial charge in [-0.1, -0.05) is 25.0 Å². The highest BCUT2D eigenvalue weighted by Gasteiger charge is 2.42. The minimum absolute atomic E-state index is 0.00255.